The van der Waals surface area contributed by atoms with E-state index in [1.165, 1.54) is 12.3 Å². The maximum Gasteiger partial charge on any atom is 0.422 e. The first-order valence-corrected chi connectivity index (χ1v) is 7.07. The minimum absolute atomic E-state index is 0.0102. The molecular weight excluding hydrogens is 299 g/mol. The summed E-state index contributed by atoms with van der Waals surface area (Å²) in [5.41, 5.74) is 0.648. The SMILES string of the molecule is O=C(NCc1ccnc(OCC(F)(F)F)c1)C1CCNCC1. The number of hydrogen-bond donors (Lipinski definition) is 2. The van der Waals surface area contributed by atoms with Gasteiger partial charge in [0.25, 0.3) is 0 Å². The van der Waals surface area contributed by atoms with Crippen molar-refractivity contribution in [1.29, 1.82) is 0 Å². The third-order valence-corrected chi connectivity index (χ3v) is 3.36. The summed E-state index contributed by atoms with van der Waals surface area (Å²) in [6.45, 7) is 0.504. The van der Waals surface area contributed by atoms with E-state index < -0.39 is 12.8 Å². The molecule has 22 heavy (non-hydrogen) atoms. The highest BCUT2D eigenvalue weighted by Crippen LogP contribution is 2.18. The van der Waals surface area contributed by atoms with Crippen molar-refractivity contribution in [1.82, 2.24) is 15.6 Å². The number of amides is 1. The maximum atomic E-state index is 12.1. The van der Waals surface area contributed by atoms with Crippen molar-refractivity contribution >= 4 is 5.91 Å². The zero-order valence-corrected chi connectivity index (χ0v) is 11.9. The Morgan fingerprint density at radius 3 is 2.82 bits per heavy atom. The van der Waals surface area contributed by atoms with Gasteiger partial charge >= 0.3 is 6.18 Å². The molecule has 1 fully saturated rings. The molecule has 0 bridgehead atoms. The van der Waals surface area contributed by atoms with E-state index in [9.17, 15) is 18.0 Å². The van der Waals surface area contributed by atoms with E-state index >= 15 is 0 Å². The molecule has 1 aromatic heterocycles. The number of rotatable bonds is 5. The first-order chi connectivity index (χ1) is 10.4. The van der Waals surface area contributed by atoms with Crippen molar-refractivity contribution in [3.63, 3.8) is 0 Å². The van der Waals surface area contributed by atoms with Crippen molar-refractivity contribution in [2.75, 3.05) is 19.7 Å². The molecule has 1 aliphatic heterocycles. The molecule has 0 saturated carbocycles. The number of hydrogen-bond acceptors (Lipinski definition) is 4. The van der Waals surface area contributed by atoms with Gasteiger partial charge in [0.2, 0.25) is 11.8 Å². The number of aromatic nitrogens is 1. The molecule has 0 atom stereocenters. The van der Waals surface area contributed by atoms with Crippen molar-refractivity contribution in [3.05, 3.63) is 23.9 Å². The van der Waals surface area contributed by atoms with E-state index in [0.717, 1.165) is 25.9 Å². The standard InChI is InChI=1S/C14H18F3N3O2/c15-14(16,17)9-22-12-7-10(1-6-19-12)8-20-13(21)11-2-4-18-5-3-11/h1,6-7,11,18H,2-5,8-9H2,(H,20,21). The smallest absolute Gasteiger partial charge is 0.422 e. The minimum Gasteiger partial charge on any atom is -0.468 e. The summed E-state index contributed by atoms with van der Waals surface area (Å²) >= 11 is 0. The van der Waals surface area contributed by atoms with Crippen LogP contribution in [-0.2, 0) is 11.3 Å². The Hall–Kier alpha value is -1.83. The van der Waals surface area contributed by atoms with Crippen LogP contribution in [0.1, 0.15) is 18.4 Å². The molecular formula is C14H18F3N3O2. The molecule has 1 amide bonds. The Labute approximate surface area is 126 Å². The molecule has 5 nitrogen and oxygen atoms in total. The fourth-order valence-corrected chi connectivity index (χ4v) is 2.21. The topological polar surface area (TPSA) is 63.2 Å². The van der Waals surface area contributed by atoms with Gasteiger partial charge in [0.05, 0.1) is 0 Å². The second-order valence-corrected chi connectivity index (χ2v) is 5.15. The lowest BCUT2D eigenvalue weighted by molar-refractivity contribution is -0.154. The van der Waals surface area contributed by atoms with Gasteiger partial charge in [-0.05, 0) is 37.6 Å². The molecule has 2 N–H and O–H groups in total. The van der Waals surface area contributed by atoms with Crippen LogP contribution in [0, 0.1) is 5.92 Å². The van der Waals surface area contributed by atoms with Crippen LogP contribution < -0.4 is 15.4 Å². The molecule has 1 saturated heterocycles. The summed E-state index contributed by atoms with van der Waals surface area (Å²) in [4.78, 5) is 15.7. The van der Waals surface area contributed by atoms with Gasteiger partial charge in [-0.25, -0.2) is 4.98 Å². The Morgan fingerprint density at radius 1 is 1.41 bits per heavy atom. The normalized spacial score (nSPS) is 16.3. The molecule has 2 heterocycles. The van der Waals surface area contributed by atoms with Crippen LogP contribution in [0.5, 0.6) is 5.88 Å². The van der Waals surface area contributed by atoms with Crippen LogP contribution in [0.3, 0.4) is 0 Å². The van der Waals surface area contributed by atoms with E-state index in [4.69, 9.17) is 0 Å². The molecule has 0 aliphatic carbocycles. The van der Waals surface area contributed by atoms with E-state index in [1.54, 1.807) is 6.07 Å². The molecule has 0 aromatic carbocycles. The summed E-state index contributed by atoms with van der Waals surface area (Å²) in [5, 5.41) is 5.98. The first-order valence-electron chi connectivity index (χ1n) is 7.07. The van der Waals surface area contributed by atoms with E-state index in [0.29, 0.717) is 5.56 Å². The monoisotopic (exact) mass is 317 g/mol. The fourth-order valence-electron chi connectivity index (χ4n) is 2.21. The molecule has 0 radical (unpaired) electrons. The van der Waals surface area contributed by atoms with Crippen molar-refractivity contribution < 1.29 is 22.7 Å². The number of piperidine rings is 1. The number of carbonyl (C=O) groups excluding carboxylic acids is 1. The molecule has 0 spiro atoms. The molecule has 2 rings (SSSR count). The largest absolute Gasteiger partial charge is 0.468 e. The second kappa shape index (κ2) is 7.44. The average molecular weight is 317 g/mol. The number of carbonyl (C=O) groups is 1. The quantitative estimate of drug-likeness (QED) is 0.866. The molecule has 1 aromatic rings. The van der Waals surface area contributed by atoms with Crippen molar-refractivity contribution in [2.24, 2.45) is 5.92 Å². The van der Waals surface area contributed by atoms with E-state index in [2.05, 4.69) is 20.4 Å². The number of nitrogens with zero attached hydrogens (tertiary/aromatic N) is 1. The number of alkyl halides is 3. The third kappa shape index (κ3) is 5.51. The fraction of sp³-hybridized carbons (Fsp3) is 0.571. The van der Waals surface area contributed by atoms with Crippen LogP contribution in [0.15, 0.2) is 18.3 Å². The first kappa shape index (κ1) is 16.5. The Kier molecular flexibility index (Phi) is 5.59. The molecule has 8 heteroatoms. The number of pyridine rings is 1. The van der Waals surface area contributed by atoms with Gasteiger partial charge in [-0.2, -0.15) is 13.2 Å². The summed E-state index contributed by atoms with van der Waals surface area (Å²) in [7, 11) is 0. The van der Waals surface area contributed by atoms with E-state index in [1.807, 2.05) is 0 Å². The molecule has 122 valence electrons. The summed E-state index contributed by atoms with van der Waals surface area (Å²) in [6.07, 6.45) is -1.46. The Bertz CT molecular complexity index is 502. The predicted molar refractivity (Wildman–Crippen MR) is 73.2 cm³/mol. The number of ether oxygens (including phenoxy) is 1. The van der Waals surface area contributed by atoms with Gasteiger partial charge in [-0.15, -0.1) is 0 Å². The predicted octanol–water partition coefficient (Wildman–Crippen LogP) is 1.64. The Balaban J connectivity index is 1.83. The summed E-state index contributed by atoms with van der Waals surface area (Å²) in [5.74, 6) is -0.147. The van der Waals surface area contributed by atoms with Crippen LogP contribution in [-0.4, -0.2) is 36.8 Å². The highest BCUT2D eigenvalue weighted by atomic mass is 19.4. The zero-order chi connectivity index (χ0) is 16.0. The molecule has 1 aliphatic rings. The van der Waals surface area contributed by atoms with Gasteiger partial charge in [0.1, 0.15) is 0 Å². The van der Waals surface area contributed by atoms with Crippen molar-refractivity contribution in [3.8, 4) is 5.88 Å². The lowest BCUT2D eigenvalue weighted by Crippen LogP contribution is -2.37. The van der Waals surface area contributed by atoms with Crippen LogP contribution in [0.4, 0.5) is 13.2 Å². The van der Waals surface area contributed by atoms with Crippen LogP contribution in [0.25, 0.3) is 0 Å². The summed E-state index contributed by atoms with van der Waals surface area (Å²) < 4.78 is 40.8. The Morgan fingerprint density at radius 2 is 2.14 bits per heavy atom. The third-order valence-electron chi connectivity index (χ3n) is 3.36. The van der Waals surface area contributed by atoms with E-state index in [-0.39, 0.29) is 24.2 Å². The highest BCUT2D eigenvalue weighted by molar-refractivity contribution is 5.78. The average Bonchev–Trinajstić information content (AvgIpc) is 2.51. The van der Waals surface area contributed by atoms with Crippen LogP contribution in [0.2, 0.25) is 0 Å². The zero-order valence-electron chi connectivity index (χ0n) is 11.9. The van der Waals surface area contributed by atoms with Gasteiger partial charge in [0.15, 0.2) is 6.61 Å². The van der Waals surface area contributed by atoms with Gasteiger partial charge in [-0.3, -0.25) is 4.79 Å². The highest BCUT2D eigenvalue weighted by Gasteiger charge is 2.28. The molecule has 0 unspecified atom stereocenters. The number of halogens is 3. The summed E-state index contributed by atoms with van der Waals surface area (Å²) in [6, 6.07) is 3.03. The van der Waals surface area contributed by atoms with Crippen molar-refractivity contribution in [2.45, 2.75) is 25.6 Å². The number of nitrogens with one attached hydrogen (secondary N) is 2. The lowest BCUT2D eigenvalue weighted by Gasteiger charge is -2.21. The maximum absolute atomic E-state index is 12.1. The van der Waals surface area contributed by atoms with Gasteiger partial charge in [-0.1, -0.05) is 0 Å². The lowest BCUT2D eigenvalue weighted by atomic mass is 9.97. The second-order valence-electron chi connectivity index (χ2n) is 5.15. The minimum atomic E-state index is -4.40. The van der Waals surface area contributed by atoms with Gasteiger partial charge < -0.3 is 15.4 Å². The van der Waals surface area contributed by atoms with Crippen LogP contribution >= 0.6 is 0 Å². The van der Waals surface area contributed by atoms with Gasteiger partial charge in [0, 0.05) is 24.7 Å².